The van der Waals surface area contributed by atoms with E-state index in [0.717, 1.165) is 54.1 Å². The van der Waals surface area contributed by atoms with Gasteiger partial charge in [-0.3, -0.25) is 4.84 Å². The Balaban J connectivity index is 1.30. The molecule has 0 saturated carbocycles. The molecular weight excluding hydrogens is 418 g/mol. The van der Waals surface area contributed by atoms with Crippen LogP contribution in [-0.2, 0) is 17.7 Å². The molecule has 0 bridgehead atoms. The number of benzene rings is 2. The van der Waals surface area contributed by atoms with E-state index in [0.29, 0.717) is 23.0 Å². The van der Waals surface area contributed by atoms with Crippen LogP contribution in [0.4, 0.5) is 0 Å². The Morgan fingerprint density at radius 2 is 1.41 bits per heavy atom. The Kier molecular flexibility index (Phi) is 3.95. The lowest BCUT2D eigenvalue weighted by atomic mass is 9.93. The summed E-state index contributed by atoms with van der Waals surface area (Å²) in [7, 11) is 3.31. The first kappa shape index (κ1) is 18.6. The molecular formula is C22H23N3O7. The Hall–Kier alpha value is -2.92. The van der Waals surface area contributed by atoms with Gasteiger partial charge in [0, 0.05) is 24.2 Å². The highest BCUT2D eigenvalue weighted by Crippen LogP contribution is 2.54. The summed E-state index contributed by atoms with van der Waals surface area (Å²) in [6.07, 6.45) is 1.15. The van der Waals surface area contributed by atoms with Gasteiger partial charge in [0.05, 0.1) is 14.2 Å². The van der Waals surface area contributed by atoms with Gasteiger partial charge >= 0.3 is 0 Å². The zero-order valence-electron chi connectivity index (χ0n) is 17.8. The van der Waals surface area contributed by atoms with Crippen molar-refractivity contribution in [2.75, 3.05) is 40.9 Å². The maximum atomic E-state index is 6.29. The van der Waals surface area contributed by atoms with E-state index >= 15 is 0 Å². The number of hydroxylamine groups is 1. The van der Waals surface area contributed by atoms with E-state index in [2.05, 4.69) is 21.6 Å². The molecule has 0 radical (unpaired) electrons. The molecule has 32 heavy (non-hydrogen) atoms. The van der Waals surface area contributed by atoms with Gasteiger partial charge < -0.3 is 28.4 Å². The molecule has 2 aromatic carbocycles. The minimum Gasteiger partial charge on any atom is -0.492 e. The van der Waals surface area contributed by atoms with Crippen molar-refractivity contribution >= 4 is 0 Å². The molecule has 0 unspecified atom stereocenters. The molecule has 10 nitrogen and oxygen atoms in total. The van der Waals surface area contributed by atoms with Crippen LogP contribution in [0.25, 0.3) is 0 Å². The van der Waals surface area contributed by atoms with Gasteiger partial charge in [-0.1, -0.05) is 0 Å². The standard InChI is InChI=1S/C22H23N3O7/c1-26-19-15-11(7-13-17(19)30-9-28-13)3-5-24-21(15)23-32-22-16-12(4-6-25(22)24)8-14-18(20(16)27-2)31-10-29-14/h7-8,21-23H,3-6,9-10H2,1-2H3/t21-,22+/m1/s1. The van der Waals surface area contributed by atoms with Crippen LogP contribution < -0.4 is 33.9 Å². The maximum Gasteiger partial charge on any atom is 0.231 e. The summed E-state index contributed by atoms with van der Waals surface area (Å²) in [5.74, 6) is 4.10. The van der Waals surface area contributed by atoms with Crippen molar-refractivity contribution in [1.82, 2.24) is 15.5 Å². The first-order valence-electron chi connectivity index (χ1n) is 10.7. The van der Waals surface area contributed by atoms with Crippen LogP contribution in [0, 0.1) is 0 Å². The predicted molar refractivity (Wildman–Crippen MR) is 109 cm³/mol. The van der Waals surface area contributed by atoms with Crippen molar-refractivity contribution in [2.24, 2.45) is 0 Å². The number of hydrazine groups is 1. The summed E-state index contributed by atoms with van der Waals surface area (Å²) in [6, 6.07) is 4.10. The van der Waals surface area contributed by atoms with Crippen LogP contribution in [-0.4, -0.2) is 50.9 Å². The molecule has 2 aromatic rings. The quantitative estimate of drug-likeness (QED) is 0.747. The van der Waals surface area contributed by atoms with E-state index in [1.165, 1.54) is 5.56 Å². The molecule has 1 saturated heterocycles. The summed E-state index contributed by atoms with van der Waals surface area (Å²) < 4.78 is 34.2. The normalized spacial score (nSPS) is 24.9. The molecule has 10 heteroatoms. The molecule has 5 aliphatic heterocycles. The first-order valence-corrected chi connectivity index (χ1v) is 10.7. The van der Waals surface area contributed by atoms with Gasteiger partial charge in [0.2, 0.25) is 25.1 Å². The molecule has 1 N–H and O–H groups in total. The number of nitrogens with zero attached hydrogens (tertiary/aromatic N) is 2. The van der Waals surface area contributed by atoms with Crippen LogP contribution in [0.2, 0.25) is 0 Å². The second-order valence-corrected chi connectivity index (χ2v) is 8.25. The number of rotatable bonds is 2. The average molecular weight is 441 g/mol. The van der Waals surface area contributed by atoms with Crippen molar-refractivity contribution in [3.05, 3.63) is 34.4 Å². The van der Waals surface area contributed by atoms with Gasteiger partial charge in [0.1, 0.15) is 6.17 Å². The molecule has 0 amide bonds. The molecule has 1 fully saturated rings. The van der Waals surface area contributed by atoms with Crippen molar-refractivity contribution in [1.29, 1.82) is 0 Å². The van der Waals surface area contributed by atoms with Crippen molar-refractivity contribution in [3.8, 4) is 34.5 Å². The smallest absolute Gasteiger partial charge is 0.231 e. The Morgan fingerprint density at radius 3 is 2.06 bits per heavy atom. The Morgan fingerprint density at radius 1 is 0.812 bits per heavy atom. The van der Waals surface area contributed by atoms with Crippen molar-refractivity contribution in [2.45, 2.75) is 25.2 Å². The summed E-state index contributed by atoms with van der Waals surface area (Å²) >= 11 is 0. The fraction of sp³-hybridized carbons (Fsp3) is 0.455. The maximum absolute atomic E-state index is 6.29. The largest absolute Gasteiger partial charge is 0.492 e. The molecule has 2 atom stereocenters. The van der Waals surface area contributed by atoms with Crippen LogP contribution in [0.1, 0.15) is 34.6 Å². The van der Waals surface area contributed by atoms with E-state index in [4.69, 9.17) is 33.3 Å². The molecule has 5 heterocycles. The lowest BCUT2D eigenvalue weighted by Gasteiger charge is -2.52. The average Bonchev–Trinajstić information content (AvgIpc) is 3.49. The number of hydrogen-bond acceptors (Lipinski definition) is 10. The monoisotopic (exact) mass is 441 g/mol. The number of methoxy groups -OCH3 is 2. The molecule has 0 aromatic heterocycles. The highest BCUT2D eigenvalue weighted by molar-refractivity contribution is 5.63. The SMILES string of the molecule is COc1c2c(cc3c1[C@@H]1NO[C@H]4c5c(cc6c(c5OC)OCO6)CCN4N1CC3)OCO2. The molecule has 0 aliphatic carbocycles. The first-order chi connectivity index (χ1) is 15.8. The second kappa shape index (κ2) is 6.79. The van der Waals surface area contributed by atoms with E-state index in [1.807, 2.05) is 6.07 Å². The van der Waals surface area contributed by atoms with Gasteiger partial charge in [-0.05, 0) is 36.1 Å². The summed E-state index contributed by atoms with van der Waals surface area (Å²) in [5, 5.41) is 4.58. The van der Waals surface area contributed by atoms with Crippen LogP contribution >= 0.6 is 0 Å². The fourth-order valence-electron chi connectivity index (χ4n) is 5.47. The second-order valence-electron chi connectivity index (χ2n) is 8.25. The highest BCUT2D eigenvalue weighted by atomic mass is 16.7. The van der Waals surface area contributed by atoms with Crippen LogP contribution in [0.15, 0.2) is 12.1 Å². The third-order valence-corrected chi connectivity index (χ3v) is 6.83. The lowest BCUT2D eigenvalue weighted by molar-refractivity contribution is -0.296. The third kappa shape index (κ3) is 2.37. The lowest BCUT2D eigenvalue weighted by Crippen LogP contribution is -2.60. The zero-order chi connectivity index (χ0) is 21.4. The van der Waals surface area contributed by atoms with Crippen LogP contribution in [0.3, 0.4) is 0 Å². The number of fused-ring (bicyclic) bond motifs is 9. The van der Waals surface area contributed by atoms with Crippen LogP contribution in [0.5, 0.6) is 34.5 Å². The van der Waals surface area contributed by atoms with E-state index in [1.54, 1.807) is 14.2 Å². The molecule has 5 aliphatic rings. The number of nitrogens with one attached hydrogen (secondary N) is 1. The van der Waals surface area contributed by atoms with Crippen molar-refractivity contribution < 1.29 is 33.3 Å². The minimum atomic E-state index is -0.346. The summed E-state index contributed by atoms with van der Waals surface area (Å²) in [4.78, 5) is 6.29. The Labute approximate surface area is 184 Å². The number of hydrogen-bond donors (Lipinski definition) is 1. The van der Waals surface area contributed by atoms with Crippen molar-refractivity contribution in [3.63, 3.8) is 0 Å². The van der Waals surface area contributed by atoms with E-state index in [-0.39, 0.29) is 26.0 Å². The molecule has 7 rings (SSSR count). The Bertz CT molecular complexity index is 1040. The van der Waals surface area contributed by atoms with Gasteiger partial charge in [-0.15, -0.1) is 0 Å². The molecule has 0 spiro atoms. The zero-order valence-corrected chi connectivity index (χ0v) is 17.8. The third-order valence-electron chi connectivity index (χ3n) is 6.83. The highest BCUT2D eigenvalue weighted by Gasteiger charge is 2.47. The fourth-order valence-corrected chi connectivity index (χ4v) is 5.47. The molecule has 168 valence electrons. The summed E-state index contributed by atoms with van der Waals surface area (Å²) in [6.45, 7) is 2.03. The topological polar surface area (TPSA) is 83.1 Å². The minimum absolute atomic E-state index is 0.197. The van der Waals surface area contributed by atoms with Gasteiger partial charge in [0.25, 0.3) is 0 Å². The van der Waals surface area contributed by atoms with E-state index in [9.17, 15) is 0 Å². The van der Waals surface area contributed by atoms with Gasteiger partial charge in [0.15, 0.2) is 29.2 Å². The van der Waals surface area contributed by atoms with Gasteiger partial charge in [-0.2, -0.15) is 5.48 Å². The van der Waals surface area contributed by atoms with Gasteiger partial charge in [-0.25, -0.2) is 10.0 Å². The summed E-state index contributed by atoms with van der Waals surface area (Å²) in [5.41, 5.74) is 7.58. The predicted octanol–water partition coefficient (Wildman–Crippen LogP) is 2.02. The number of ether oxygens (including phenoxy) is 6. The van der Waals surface area contributed by atoms with E-state index < -0.39 is 0 Å².